The lowest BCUT2D eigenvalue weighted by Crippen LogP contribution is -2.28. The SMILES string of the molecule is CC(C)CNCC/C=C/C1CC(C)(C)OC1(C)C. The van der Waals surface area contributed by atoms with Crippen LogP contribution in [0.15, 0.2) is 12.2 Å². The van der Waals surface area contributed by atoms with Crippen LogP contribution >= 0.6 is 0 Å². The van der Waals surface area contributed by atoms with Gasteiger partial charge in [0.25, 0.3) is 0 Å². The van der Waals surface area contributed by atoms with E-state index in [9.17, 15) is 0 Å². The van der Waals surface area contributed by atoms with Crippen molar-refractivity contribution in [3.8, 4) is 0 Å². The van der Waals surface area contributed by atoms with E-state index in [4.69, 9.17) is 4.74 Å². The largest absolute Gasteiger partial charge is 0.369 e. The van der Waals surface area contributed by atoms with Gasteiger partial charge in [0.15, 0.2) is 0 Å². The predicted molar refractivity (Wildman–Crippen MR) is 78.8 cm³/mol. The van der Waals surface area contributed by atoms with E-state index in [1.807, 2.05) is 0 Å². The van der Waals surface area contributed by atoms with Gasteiger partial charge >= 0.3 is 0 Å². The molecule has 0 amide bonds. The Morgan fingerprint density at radius 2 is 1.94 bits per heavy atom. The summed E-state index contributed by atoms with van der Waals surface area (Å²) in [5.41, 5.74) is -0.000238. The van der Waals surface area contributed by atoms with Gasteiger partial charge in [-0.05, 0) is 59.5 Å². The van der Waals surface area contributed by atoms with Crippen molar-refractivity contribution in [3.05, 3.63) is 12.2 Å². The molecular weight excluding hydrogens is 222 g/mol. The van der Waals surface area contributed by atoms with E-state index < -0.39 is 0 Å². The van der Waals surface area contributed by atoms with Gasteiger partial charge in [0.1, 0.15) is 0 Å². The fourth-order valence-corrected chi connectivity index (χ4v) is 2.74. The smallest absolute Gasteiger partial charge is 0.0697 e. The van der Waals surface area contributed by atoms with Crippen LogP contribution in [0, 0.1) is 11.8 Å². The zero-order chi connectivity index (χ0) is 13.8. The first kappa shape index (κ1) is 15.7. The molecular formula is C16H31NO. The van der Waals surface area contributed by atoms with Crippen LogP contribution in [-0.2, 0) is 4.74 Å². The van der Waals surface area contributed by atoms with Gasteiger partial charge in [-0.25, -0.2) is 0 Å². The molecule has 0 aliphatic carbocycles. The van der Waals surface area contributed by atoms with Gasteiger partial charge in [-0.3, -0.25) is 0 Å². The van der Waals surface area contributed by atoms with Crippen molar-refractivity contribution in [1.29, 1.82) is 0 Å². The second kappa shape index (κ2) is 6.21. The molecule has 0 aromatic carbocycles. The molecule has 1 atom stereocenters. The summed E-state index contributed by atoms with van der Waals surface area (Å²) in [5.74, 6) is 1.27. The highest BCUT2D eigenvalue weighted by Gasteiger charge is 2.44. The minimum absolute atomic E-state index is 0.0222. The van der Waals surface area contributed by atoms with Gasteiger partial charge in [0, 0.05) is 5.92 Å². The van der Waals surface area contributed by atoms with Crippen molar-refractivity contribution in [1.82, 2.24) is 5.32 Å². The Labute approximate surface area is 113 Å². The average molecular weight is 253 g/mol. The normalized spacial score (nSPS) is 26.3. The van der Waals surface area contributed by atoms with Crippen LogP contribution < -0.4 is 5.32 Å². The molecule has 0 aromatic rings. The number of hydrogen-bond donors (Lipinski definition) is 1. The lowest BCUT2D eigenvalue weighted by atomic mass is 9.87. The fraction of sp³-hybridized carbons (Fsp3) is 0.875. The summed E-state index contributed by atoms with van der Waals surface area (Å²) < 4.78 is 6.09. The molecule has 1 saturated heterocycles. The van der Waals surface area contributed by atoms with E-state index in [2.05, 4.69) is 59.0 Å². The minimum Gasteiger partial charge on any atom is -0.369 e. The van der Waals surface area contributed by atoms with E-state index in [0.29, 0.717) is 5.92 Å². The van der Waals surface area contributed by atoms with Gasteiger partial charge in [-0.1, -0.05) is 26.0 Å². The third-order valence-electron chi connectivity index (χ3n) is 3.55. The maximum absolute atomic E-state index is 6.09. The van der Waals surface area contributed by atoms with Crippen molar-refractivity contribution in [2.45, 2.75) is 65.6 Å². The summed E-state index contributed by atoms with van der Waals surface area (Å²) in [6.45, 7) is 15.4. The average Bonchev–Trinajstić information content (AvgIpc) is 2.39. The molecule has 0 spiro atoms. The zero-order valence-corrected chi connectivity index (χ0v) is 13.0. The van der Waals surface area contributed by atoms with Gasteiger partial charge in [0.2, 0.25) is 0 Å². The lowest BCUT2D eigenvalue weighted by Gasteiger charge is -2.26. The fourth-order valence-electron chi connectivity index (χ4n) is 2.74. The van der Waals surface area contributed by atoms with E-state index in [1.165, 1.54) is 0 Å². The molecule has 1 unspecified atom stereocenters. The first-order valence-corrected chi connectivity index (χ1v) is 7.30. The molecule has 0 bridgehead atoms. The predicted octanol–water partition coefficient (Wildman–Crippen LogP) is 3.77. The maximum Gasteiger partial charge on any atom is 0.0697 e. The van der Waals surface area contributed by atoms with Crippen molar-refractivity contribution in [3.63, 3.8) is 0 Å². The first-order valence-electron chi connectivity index (χ1n) is 7.30. The third kappa shape index (κ3) is 5.11. The second-order valence-corrected chi connectivity index (χ2v) is 7.09. The van der Waals surface area contributed by atoms with Crippen LogP contribution in [0.2, 0.25) is 0 Å². The Bertz CT molecular complexity index is 279. The topological polar surface area (TPSA) is 21.3 Å². The molecule has 2 heteroatoms. The van der Waals surface area contributed by atoms with Crippen LogP contribution in [0.3, 0.4) is 0 Å². The van der Waals surface area contributed by atoms with Crippen LogP contribution in [0.25, 0.3) is 0 Å². The Balaban J connectivity index is 2.30. The van der Waals surface area contributed by atoms with Crippen molar-refractivity contribution >= 4 is 0 Å². The van der Waals surface area contributed by atoms with Crippen LogP contribution in [0.4, 0.5) is 0 Å². The van der Waals surface area contributed by atoms with Gasteiger partial charge in [0.05, 0.1) is 11.2 Å². The van der Waals surface area contributed by atoms with Crippen LogP contribution in [0.5, 0.6) is 0 Å². The molecule has 0 radical (unpaired) electrons. The molecule has 106 valence electrons. The van der Waals surface area contributed by atoms with Gasteiger partial charge in [-0.15, -0.1) is 0 Å². The number of nitrogens with one attached hydrogen (secondary N) is 1. The lowest BCUT2D eigenvalue weighted by molar-refractivity contribution is -0.0706. The molecule has 1 rings (SSSR count). The summed E-state index contributed by atoms with van der Waals surface area (Å²) in [7, 11) is 0. The van der Waals surface area contributed by atoms with Crippen LogP contribution in [0.1, 0.15) is 54.4 Å². The first-order chi connectivity index (χ1) is 8.23. The highest BCUT2D eigenvalue weighted by molar-refractivity contribution is 5.04. The third-order valence-corrected chi connectivity index (χ3v) is 3.55. The second-order valence-electron chi connectivity index (χ2n) is 7.09. The van der Waals surface area contributed by atoms with E-state index in [0.717, 1.165) is 31.8 Å². The summed E-state index contributed by atoms with van der Waals surface area (Å²) in [5, 5.41) is 3.46. The van der Waals surface area contributed by atoms with E-state index in [1.54, 1.807) is 0 Å². The molecule has 2 nitrogen and oxygen atoms in total. The molecule has 1 aliphatic heterocycles. The van der Waals surface area contributed by atoms with Crippen LogP contribution in [-0.4, -0.2) is 24.3 Å². The Kier molecular flexibility index (Phi) is 5.42. The zero-order valence-electron chi connectivity index (χ0n) is 13.0. The molecule has 1 heterocycles. The quantitative estimate of drug-likeness (QED) is 0.574. The maximum atomic E-state index is 6.09. The van der Waals surface area contributed by atoms with Crippen molar-refractivity contribution in [2.24, 2.45) is 11.8 Å². The highest BCUT2D eigenvalue weighted by Crippen LogP contribution is 2.42. The standard InChI is InChI=1S/C16H31NO/c1-13(2)12-17-10-8-7-9-14-11-15(3,4)18-16(14,5)6/h7,9,13-14,17H,8,10-12H2,1-6H3/b9-7+. The van der Waals surface area contributed by atoms with Gasteiger partial charge in [-0.2, -0.15) is 0 Å². The molecule has 1 aliphatic rings. The number of hydrogen-bond acceptors (Lipinski definition) is 2. The molecule has 0 aromatic heterocycles. The summed E-state index contributed by atoms with van der Waals surface area (Å²) in [6.07, 6.45) is 6.89. The highest BCUT2D eigenvalue weighted by atomic mass is 16.5. The Morgan fingerprint density at radius 1 is 1.28 bits per heavy atom. The molecule has 18 heavy (non-hydrogen) atoms. The number of ether oxygens (including phenoxy) is 1. The summed E-state index contributed by atoms with van der Waals surface area (Å²) in [6, 6.07) is 0. The molecule has 0 saturated carbocycles. The van der Waals surface area contributed by atoms with E-state index >= 15 is 0 Å². The molecule has 1 fully saturated rings. The monoisotopic (exact) mass is 253 g/mol. The Morgan fingerprint density at radius 3 is 2.44 bits per heavy atom. The van der Waals surface area contributed by atoms with Crippen molar-refractivity contribution < 1.29 is 4.74 Å². The van der Waals surface area contributed by atoms with E-state index in [-0.39, 0.29) is 11.2 Å². The van der Waals surface area contributed by atoms with Crippen molar-refractivity contribution in [2.75, 3.05) is 13.1 Å². The van der Waals surface area contributed by atoms with Gasteiger partial charge < -0.3 is 10.1 Å². The number of rotatable bonds is 6. The summed E-state index contributed by atoms with van der Waals surface area (Å²) in [4.78, 5) is 0. The Hall–Kier alpha value is -0.340. The molecule has 1 N–H and O–H groups in total. The minimum atomic E-state index is -0.0225. The summed E-state index contributed by atoms with van der Waals surface area (Å²) >= 11 is 0.